The van der Waals surface area contributed by atoms with Crippen molar-refractivity contribution >= 4 is 39.9 Å². The normalized spacial score (nSPS) is 16.6. The second-order valence-corrected chi connectivity index (χ2v) is 7.92. The van der Waals surface area contributed by atoms with Gasteiger partial charge in [0.1, 0.15) is 23.3 Å². The summed E-state index contributed by atoms with van der Waals surface area (Å²) in [4.78, 5) is 34.6. The van der Waals surface area contributed by atoms with Crippen LogP contribution >= 0.6 is 11.8 Å². The summed E-state index contributed by atoms with van der Waals surface area (Å²) in [6, 6.07) is 11.3. The third kappa shape index (κ3) is 4.42. The Morgan fingerprint density at radius 3 is 2.97 bits per heavy atom. The first-order valence-electron chi connectivity index (χ1n) is 9.80. The first-order chi connectivity index (χ1) is 15.3. The molecule has 158 valence electrons. The third-order valence-electron chi connectivity index (χ3n) is 4.83. The summed E-state index contributed by atoms with van der Waals surface area (Å²) in [5.41, 5.74) is 2.85. The van der Waals surface area contributed by atoms with Crippen LogP contribution in [0, 0.1) is 0 Å². The minimum atomic E-state index is -0.258. The highest BCUT2D eigenvalue weighted by molar-refractivity contribution is 7.99. The summed E-state index contributed by atoms with van der Waals surface area (Å²) in [7, 11) is 0. The van der Waals surface area contributed by atoms with E-state index < -0.39 is 0 Å². The first-order valence-corrected chi connectivity index (χ1v) is 10.8. The van der Waals surface area contributed by atoms with E-state index in [1.165, 1.54) is 16.6 Å². The lowest BCUT2D eigenvalue weighted by Crippen LogP contribution is -2.48. The number of thioether (sulfide) groups is 1. The van der Waals surface area contributed by atoms with Gasteiger partial charge < -0.3 is 14.5 Å². The van der Waals surface area contributed by atoms with Crippen molar-refractivity contribution in [1.82, 2.24) is 35.0 Å². The Morgan fingerprint density at radius 1 is 1.16 bits per heavy atom. The number of hydrogen-bond donors (Lipinski definition) is 0. The first kappa shape index (κ1) is 19.6. The molecule has 1 aliphatic rings. The number of amides is 1. The Labute approximate surface area is 181 Å². The Bertz CT molecular complexity index is 1220. The number of carbonyl (C=O) groups excluding carboxylic acids is 1. The molecule has 1 fully saturated rings. The molecule has 1 aromatic carbocycles. The topological polar surface area (TPSA) is 108 Å². The summed E-state index contributed by atoms with van der Waals surface area (Å²) < 4.78 is 5.75. The summed E-state index contributed by atoms with van der Waals surface area (Å²) in [6.45, 7) is 1.69. The van der Waals surface area contributed by atoms with Crippen LogP contribution in [0.5, 0.6) is 0 Å². The summed E-state index contributed by atoms with van der Waals surface area (Å²) in [5.74, 6) is 0.319. The van der Waals surface area contributed by atoms with E-state index in [0.29, 0.717) is 30.9 Å². The number of aromatic nitrogens is 6. The highest BCUT2D eigenvalue weighted by Gasteiger charge is 2.25. The number of nitrogens with zero attached hydrogens (tertiary/aromatic N) is 7. The fraction of sp³-hybridized carbons (Fsp3) is 0.300. The predicted octanol–water partition coefficient (Wildman–Crippen LogP) is 1.22. The summed E-state index contributed by atoms with van der Waals surface area (Å²) in [6.07, 6.45) is 3.10. The molecule has 0 bridgehead atoms. The SMILES string of the molecule is O=C(CSc1cnc2ccccc2n1)N1CCOC(COn2nnc3cccnc32)C1. The van der Waals surface area contributed by atoms with Gasteiger partial charge in [0.25, 0.3) is 0 Å². The Balaban J connectivity index is 1.15. The smallest absolute Gasteiger partial charge is 0.233 e. The van der Waals surface area contributed by atoms with E-state index in [2.05, 4.69) is 25.3 Å². The zero-order valence-corrected chi connectivity index (χ0v) is 17.3. The van der Waals surface area contributed by atoms with Gasteiger partial charge in [-0.1, -0.05) is 28.7 Å². The number of hydrogen-bond acceptors (Lipinski definition) is 9. The molecule has 3 aromatic heterocycles. The van der Waals surface area contributed by atoms with E-state index in [9.17, 15) is 4.79 Å². The van der Waals surface area contributed by atoms with Crippen LogP contribution in [0.2, 0.25) is 0 Å². The van der Waals surface area contributed by atoms with Gasteiger partial charge in [0, 0.05) is 12.7 Å². The molecular formula is C20H19N7O3S. The number of pyridine rings is 1. The van der Waals surface area contributed by atoms with Crippen molar-refractivity contribution in [2.24, 2.45) is 0 Å². The fourth-order valence-corrected chi connectivity index (χ4v) is 4.01. The molecule has 31 heavy (non-hydrogen) atoms. The van der Waals surface area contributed by atoms with Crippen LogP contribution in [0.15, 0.2) is 53.8 Å². The predicted molar refractivity (Wildman–Crippen MR) is 113 cm³/mol. The van der Waals surface area contributed by atoms with Gasteiger partial charge in [0.15, 0.2) is 0 Å². The lowest BCUT2D eigenvalue weighted by atomic mass is 10.3. The molecule has 1 saturated heterocycles. The van der Waals surface area contributed by atoms with Gasteiger partial charge in [-0.2, -0.15) is 0 Å². The number of carbonyl (C=O) groups is 1. The Hall–Kier alpha value is -3.31. The van der Waals surface area contributed by atoms with Crippen molar-refractivity contribution in [3.05, 3.63) is 48.8 Å². The van der Waals surface area contributed by atoms with Gasteiger partial charge in [-0.3, -0.25) is 9.78 Å². The lowest BCUT2D eigenvalue weighted by Gasteiger charge is -2.32. The standard InChI is InChI=1S/C20H19N7O3S/c28-19(13-31-18-10-22-15-4-1-2-5-16(15)23-18)26-8-9-29-14(11-26)12-30-27-20-17(24-25-27)6-3-7-21-20/h1-7,10,14H,8-9,11-13H2. The maximum Gasteiger partial charge on any atom is 0.233 e. The number of morpholine rings is 1. The monoisotopic (exact) mass is 437 g/mol. The van der Waals surface area contributed by atoms with E-state index in [4.69, 9.17) is 9.57 Å². The third-order valence-corrected chi connectivity index (χ3v) is 5.71. The van der Waals surface area contributed by atoms with E-state index in [-0.39, 0.29) is 24.4 Å². The van der Waals surface area contributed by atoms with Crippen molar-refractivity contribution < 1.29 is 14.4 Å². The molecule has 10 nitrogen and oxygen atoms in total. The van der Waals surface area contributed by atoms with E-state index in [1.807, 2.05) is 30.3 Å². The molecule has 0 saturated carbocycles. The molecule has 1 unspecified atom stereocenters. The molecule has 0 aliphatic carbocycles. The Morgan fingerprint density at radius 2 is 2.03 bits per heavy atom. The summed E-state index contributed by atoms with van der Waals surface area (Å²) in [5, 5.41) is 8.68. The lowest BCUT2D eigenvalue weighted by molar-refractivity contribution is -0.138. The van der Waals surface area contributed by atoms with Crippen LogP contribution in [0.4, 0.5) is 0 Å². The number of fused-ring (bicyclic) bond motifs is 2. The van der Waals surface area contributed by atoms with Gasteiger partial charge >= 0.3 is 0 Å². The molecule has 4 heterocycles. The Kier molecular flexibility index (Phi) is 5.59. The minimum Gasteiger partial charge on any atom is -0.391 e. The van der Waals surface area contributed by atoms with Crippen LogP contribution in [-0.4, -0.2) is 79.1 Å². The van der Waals surface area contributed by atoms with Crippen molar-refractivity contribution in [1.29, 1.82) is 0 Å². The fourth-order valence-electron chi connectivity index (χ4n) is 3.27. The van der Waals surface area contributed by atoms with Crippen LogP contribution in [0.3, 0.4) is 0 Å². The van der Waals surface area contributed by atoms with Gasteiger partial charge in [-0.15, -0.1) is 5.10 Å². The number of para-hydroxylation sites is 2. The highest BCUT2D eigenvalue weighted by Crippen LogP contribution is 2.19. The van der Waals surface area contributed by atoms with Gasteiger partial charge in [-0.05, 0) is 29.5 Å². The van der Waals surface area contributed by atoms with E-state index in [0.717, 1.165) is 16.1 Å². The largest absolute Gasteiger partial charge is 0.391 e. The molecule has 0 spiro atoms. The molecule has 0 N–H and O–H groups in total. The van der Waals surface area contributed by atoms with E-state index >= 15 is 0 Å². The quantitative estimate of drug-likeness (QED) is 0.411. The zero-order valence-electron chi connectivity index (χ0n) is 16.5. The molecule has 1 aliphatic heterocycles. The average molecular weight is 437 g/mol. The number of ether oxygens (including phenoxy) is 1. The average Bonchev–Trinajstić information content (AvgIpc) is 3.24. The molecule has 4 aromatic rings. The van der Waals surface area contributed by atoms with Crippen molar-refractivity contribution in [2.75, 3.05) is 32.1 Å². The maximum atomic E-state index is 12.7. The van der Waals surface area contributed by atoms with E-state index in [1.54, 1.807) is 23.4 Å². The second-order valence-electron chi connectivity index (χ2n) is 6.92. The van der Waals surface area contributed by atoms with Gasteiger partial charge in [-0.25, -0.2) is 9.97 Å². The van der Waals surface area contributed by atoms with Crippen LogP contribution in [0.1, 0.15) is 0 Å². The van der Waals surface area contributed by atoms with Crippen molar-refractivity contribution in [3.8, 4) is 0 Å². The summed E-state index contributed by atoms with van der Waals surface area (Å²) >= 11 is 1.38. The molecule has 5 rings (SSSR count). The maximum absolute atomic E-state index is 12.7. The molecule has 1 amide bonds. The number of benzene rings is 1. The number of rotatable bonds is 6. The molecular weight excluding hydrogens is 418 g/mol. The second kappa shape index (κ2) is 8.82. The van der Waals surface area contributed by atoms with Crippen LogP contribution in [0.25, 0.3) is 22.2 Å². The zero-order chi connectivity index (χ0) is 21.0. The van der Waals surface area contributed by atoms with Gasteiger partial charge in [0.2, 0.25) is 11.6 Å². The molecule has 0 radical (unpaired) electrons. The molecule has 11 heteroatoms. The van der Waals surface area contributed by atoms with Gasteiger partial charge in [0.05, 0.1) is 36.1 Å². The van der Waals surface area contributed by atoms with Crippen molar-refractivity contribution in [3.63, 3.8) is 0 Å². The van der Waals surface area contributed by atoms with Crippen molar-refractivity contribution in [2.45, 2.75) is 11.1 Å². The minimum absolute atomic E-state index is 0.0288. The van der Waals surface area contributed by atoms with Crippen LogP contribution in [-0.2, 0) is 9.53 Å². The highest BCUT2D eigenvalue weighted by atomic mass is 32.2. The van der Waals surface area contributed by atoms with Crippen LogP contribution < -0.4 is 4.84 Å². The molecule has 1 atom stereocenters.